The number of alkyl halides is 5. The Balaban J connectivity index is 1.93. The third-order valence-corrected chi connectivity index (χ3v) is 6.00. The standard InChI is InChI=1S/C23H31F5N6O3/c1-13(33-12-22(24,25)11-29-18(33)35)14-7-17-31-16(10-34(17)30-9-14)15(8-21(5,6)23(26,27)28)32-19(36)37-20(2,3)4/h7,9-10,13,15H,8,11-12H2,1-6H3,(H,29,35)(H,32,36)/t13-,15+/m1/s1. The highest BCUT2D eigenvalue weighted by molar-refractivity contribution is 5.76. The molecule has 206 valence electrons. The number of amides is 3. The van der Waals surface area contributed by atoms with Gasteiger partial charge in [0.25, 0.3) is 5.92 Å². The molecule has 3 heterocycles. The summed E-state index contributed by atoms with van der Waals surface area (Å²) in [6.07, 6.45) is -3.27. The number of aromatic nitrogens is 3. The Morgan fingerprint density at radius 1 is 1.24 bits per heavy atom. The van der Waals surface area contributed by atoms with Gasteiger partial charge >= 0.3 is 18.3 Å². The third kappa shape index (κ3) is 6.77. The molecule has 1 aliphatic rings. The van der Waals surface area contributed by atoms with Crippen LogP contribution in [0.2, 0.25) is 0 Å². The summed E-state index contributed by atoms with van der Waals surface area (Å²) in [6.45, 7) is 6.92. The van der Waals surface area contributed by atoms with Crippen LogP contribution in [0.3, 0.4) is 0 Å². The molecule has 0 saturated carbocycles. The minimum atomic E-state index is -4.56. The van der Waals surface area contributed by atoms with Crippen LogP contribution >= 0.6 is 0 Å². The summed E-state index contributed by atoms with van der Waals surface area (Å²) in [5, 5.41) is 8.81. The Hall–Kier alpha value is -3.19. The van der Waals surface area contributed by atoms with Crippen molar-refractivity contribution in [3.63, 3.8) is 0 Å². The van der Waals surface area contributed by atoms with E-state index in [2.05, 4.69) is 20.7 Å². The van der Waals surface area contributed by atoms with Crippen molar-refractivity contribution in [2.24, 2.45) is 5.41 Å². The number of urea groups is 1. The van der Waals surface area contributed by atoms with Crippen molar-refractivity contribution in [1.82, 2.24) is 30.1 Å². The van der Waals surface area contributed by atoms with Crippen molar-refractivity contribution in [3.05, 3.63) is 29.7 Å². The predicted octanol–water partition coefficient (Wildman–Crippen LogP) is 5.00. The third-order valence-electron chi connectivity index (χ3n) is 6.00. The number of alkyl carbamates (subject to hydrolysis) is 1. The lowest BCUT2D eigenvalue weighted by atomic mass is 9.84. The normalized spacial score (nSPS) is 18.4. The molecule has 9 nitrogen and oxygen atoms in total. The summed E-state index contributed by atoms with van der Waals surface area (Å²) in [4.78, 5) is 29.9. The summed E-state index contributed by atoms with van der Waals surface area (Å²) in [5.41, 5.74) is -2.36. The van der Waals surface area contributed by atoms with Crippen molar-refractivity contribution < 1.29 is 36.3 Å². The minimum Gasteiger partial charge on any atom is -0.444 e. The second kappa shape index (κ2) is 9.60. The van der Waals surface area contributed by atoms with E-state index in [9.17, 15) is 31.5 Å². The topological polar surface area (TPSA) is 101 Å². The van der Waals surface area contributed by atoms with Crippen LogP contribution in [0, 0.1) is 5.41 Å². The second-order valence-electron chi connectivity index (χ2n) is 10.9. The zero-order valence-corrected chi connectivity index (χ0v) is 21.4. The smallest absolute Gasteiger partial charge is 0.408 e. The fourth-order valence-electron chi connectivity index (χ4n) is 3.79. The molecule has 1 fully saturated rings. The first kappa shape index (κ1) is 28.4. The molecule has 0 spiro atoms. The van der Waals surface area contributed by atoms with Crippen LogP contribution in [0.5, 0.6) is 0 Å². The fraction of sp³-hybridized carbons (Fsp3) is 0.652. The maximum Gasteiger partial charge on any atom is 0.408 e. The van der Waals surface area contributed by atoms with E-state index in [1.165, 1.54) is 23.0 Å². The summed E-state index contributed by atoms with van der Waals surface area (Å²) >= 11 is 0. The van der Waals surface area contributed by atoms with Gasteiger partial charge < -0.3 is 20.3 Å². The number of nitrogens with zero attached hydrogens (tertiary/aromatic N) is 4. The lowest BCUT2D eigenvalue weighted by molar-refractivity contribution is -0.215. The molecule has 2 N–H and O–H groups in total. The van der Waals surface area contributed by atoms with Gasteiger partial charge in [-0.15, -0.1) is 0 Å². The molecular formula is C23H31F5N6O3. The summed E-state index contributed by atoms with van der Waals surface area (Å²) in [6, 6.07) is -1.12. The van der Waals surface area contributed by atoms with Crippen LogP contribution in [0.15, 0.2) is 18.5 Å². The zero-order chi connectivity index (χ0) is 28.0. The summed E-state index contributed by atoms with van der Waals surface area (Å²) in [5.74, 6) is -3.11. The molecule has 2 aromatic heterocycles. The van der Waals surface area contributed by atoms with E-state index in [0.29, 0.717) is 5.56 Å². The van der Waals surface area contributed by atoms with E-state index in [1.54, 1.807) is 27.7 Å². The van der Waals surface area contributed by atoms with Gasteiger partial charge in [0.05, 0.1) is 48.7 Å². The zero-order valence-electron chi connectivity index (χ0n) is 21.4. The molecule has 0 unspecified atom stereocenters. The molecule has 14 heteroatoms. The Kier molecular flexibility index (Phi) is 7.36. The molecule has 3 amide bonds. The number of imidazole rings is 1. The molecule has 1 aliphatic heterocycles. The monoisotopic (exact) mass is 534 g/mol. The van der Waals surface area contributed by atoms with Crippen molar-refractivity contribution in [2.45, 2.75) is 77.7 Å². The highest BCUT2D eigenvalue weighted by atomic mass is 19.4. The highest BCUT2D eigenvalue weighted by Crippen LogP contribution is 2.43. The quantitative estimate of drug-likeness (QED) is 0.509. The largest absolute Gasteiger partial charge is 0.444 e. The number of carbonyl (C=O) groups is 2. The average Bonchev–Trinajstić information content (AvgIpc) is 3.15. The van der Waals surface area contributed by atoms with Gasteiger partial charge in [-0.25, -0.2) is 27.9 Å². The number of hydrogen-bond donors (Lipinski definition) is 2. The summed E-state index contributed by atoms with van der Waals surface area (Å²) in [7, 11) is 0. The molecule has 0 bridgehead atoms. The van der Waals surface area contributed by atoms with E-state index < -0.39 is 66.8 Å². The Morgan fingerprint density at radius 2 is 1.89 bits per heavy atom. The molecule has 0 aromatic carbocycles. The first-order valence-corrected chi connectivity index (χ1v) is 11.6. The van der Waals surface area contributed by atoms with E-state index in [4.69, 9.17) is 4.74 Å². The SMILES string of the molecule is C[C@H](c1cnn2cc([C@H](CC(C)(C)C(F)(F)F)NC(=O)OC(C)(C)C)nc2c1)N1CC(F)(F)CNC1=O. The Bertz CT molecular complexity index is 1160. The molecule has 0 radical (unpaired) electrons. The van der Waals surface area contributed by atoms with Gasteiger partial charge in [0.1, 0.15) is 5.60 Å². The van der Waals surface area contributed by atoms with Crippen LogP contribution in [0.1, 0.15) is 71.3 Å². The molecular weight excluding hydrogens is 503 g/mol. The number of ether oxygens (including phenoxy) is 1. The number of hydrogen-bond acceptors (Lipinski definition) is 5. The van der Waals surface area contributed by atoms with Gasteiger partial charge in [-0.2, -0.15) is 18.3 Å². The predicted molar refractivity (Wildman–Crippen MR) is 123 cm³/mol. The average molecular weight is 535 g/mol. The van der Waals surface area contributed by atoms with Crippen LogP contribution in [0.4, 0.5) is 31.5 Å². The number of nitrogens with one attached hydrogen (secondary N) is 2. The van der Waals surface area contributed by atoms with Gasteiger partial charge in [0.2, 0.25) is 0 Å². The van der Waals surface area contributed by atoms with E-state index in [1.807, 2.05) is 0 Å². The lowest BCUT2D eigenvalue weighted by Gasteiger charge is -2.36. The minimum absolute atomic E-state index is 0.0998. The number of rotatable bonds is 6. The van der Waals surface area contributed by atoms with Crippen LogP contribution < -0.4 is 10.6 Å². The number of carbonyl (C=O) groups excluding carboxylic acids is 2. The van der Waals surface area contributed by atoms with E-state index >= 15 is 0 Å². The van der Waals surface area contributed by atoms with Gasteiger partial charge in [0, 0.05) is 0 Å². The number of fused-ring (bicyclic) bond motifs is 1. The fourth-order valence-corrected chi connectivity index (χ4v) is 3.79. The van der Waals surface area contributed by atoms with Gasteiger partial charge in [0.15, 0.2) is 5.65 Å². The first-order chi connectivity index (χ1) is 16.8. The number of halogens is 5. The maximum absolute atomic E-state index is 13.9. The van der Waals surface area contributed by atoms with Crippen molar-refractivity contribution in [2.75, 3.05) is 13.1 Å². The molecule has 3 rings (SSSR count). The molecule has 0 aliphatic carbocycles. The molecule has 2 aromatic rings. The van der Waals surface area contributed by atoms with Crippen molar-refractivity contribution in [3.8, 4) is 0 Å². The van der Waals surface area contributed by atoms with Crippen LogP contribution in [-0.2, 0) is 4.74 Å². The molecule has 2 atom stereocenters. The van der Waals surface area contributed by atoms with E-state index in [-0.39, 0.29) is 11.3 Å². The van der Waals surface area contributed by atoms with E-state index in [0.717, 1.165) is 18.7 Å². The van der Waals surface area contributed by atoms with Gasteiger partial charge in [-0.3, -0.25) is 0 Å². The lowest BCUT2D eigenvalue weighted by Crippen LogP contribution is -2.57. The van der Waals surface area contributed by atoms with Crippen LogP contribution in [-0.4, -0.2) is 62.4 Å². The van der Waals surface area contributed by atoms with Gasteiger partial charge in [-0.1, -0.05) is 13.8 Å². The molecule has 1 saturated heterocycles. The first-order valence-electron chi connectivity index (χ1n) is 11.6. The van der Waals surface area contributed by atoms with Crippen molar-refractivity contribution in [1.29, 1.82) is 0 Å². The Labute approximate surface area is 210 Å². The van der Waals surface area contributed by atoms with Crippen LogP contribution in [0.25, 0.3) is 5.65 Å². The highest BCUT2D eigenvalue weighted by Gasteiger charge is 2.49. The summed E-state index contributed by atoms with van der Waals surface area (Å²) < 4.78 is 75.2. The van der Waals surface area contributed by atoms with Gasteiger partial charge in [-0.05, 0) is 45.7 Å². The maximum atomic E-state index is 13.9. The second-order valence-corrected chi connectivity index (χ2v) is 10.9. The Morgan fingerprint density at radius 3 is 2.49 bits per heavy atom. The van der Waals surface area contributed by atoms with Crippen molar-refractivity contribution >= 4 is 17.8 Å². The molecule has 37 heavy (non-hydrogen) atoms.